The number of nitrogens with one attached hydrogen (secondary N) is 1. The van der Waals surface area contributed by atoms with E-state index in [1.807, 2.05) is 24.3 Å². The zero-order chi connectivity index (χ0) is 24.3. The summed E-state index contributed by atoms with van der Waals surface area (Å²) in [6.45, 7) is 4.57. The van der Waals surface area contributed by atoms with E-state index in [0.29, 0.717) is 34.1 Å². The lowest BCUT2D eigenvalue weighted by Crippen LogP contribution is -2.48. The molecule has 0 aromatic heterocycles. The Hall–Kier alpha value is -3.32. The summed E-state index contributed by atoms with van der Waals surface area (Å²) in [5.74, 6) is -0.116. The third-order valence-electron chi connectivity index (χ3n) is 6.14. The number of Topliss-reactive ketones (excluding diaryl/α,β-unsaturated/α-hetero) is 2. The van der Waals surface area contributed by atoms with Gasteiger partial charge >= 0.3 is 0 Å². The number of allylic oxidation sites excluding steroid dienone is 1. The van der Waals surface area contributed by atoms with Crippen LogP contribution in [0, 0.1) is 5.92 Å². The highest BCUT2D eigenvalue weighted by atomic mass is 16.5. The Balaban J connectivity index is 2.20. The first-order chi connectivity index (χ1) is 15.6. The lowest BCUT2D eigenvalue weighted by Gasteiger charge is -2.43. The fourth-order valence-electron chi connectivity index (χ4n) is 4.75. The van der Waals surface area contributed by atoms with Gasteiger partial charge in [-0.15, -0.1) is 0 Å². The van der Waals surface area contributed by atoms with Crippen molar-refractivity contribution in [1.29, 1.82) is 0 Å². The molecule has 0 heterocycles. The first-order valence-corrected chi connectivity index (χ1v) is 10.7. The maximum absolute atomic E-state index is 13.0. The minimum Gasteiger partial charge on any atom is -0.497 e. The van der Waals surface area contributed by atoms with Gasteiger partial charge < -0.3 is 24.6 Å². The van der Waals surface area contributed by atoms with E-state index in [4.69, 9.17) is 14.2 Å². The number of methoxy groups -OCH3 is 3. The van der Waals surface area contributed by atoms with E-state index in [-0.39, 0.29) is 18.0 Å². The van der Waals surface area contributed by atoms with Gasteiger partial charge in [-0.2, -0.15) is 0 Å². The minimum absolute atomic E-state index is 0.127. The Morgan fingerprint density at radius 1 is 0.970 bits per heavy atom. The van der Waals surface area contributed by atoms with Crippen LogP contribution in [0.1, 0.15) is 38.7 Å². The smallest absolute Gasteiger partial charge is 0.161 e. The van der Waals surface area contributed by atoms with Gasteiger partial charge in [0.1, 0.15) is 11.5 Å². The quantitative estimate of drug-likeness (QED) is 0.621. The second kappa shape index (κ2) is 9.67. The highest BCUT2D eigenvalue weighted by molar-refractivity contribution is 5.98. The van der Waals surface area contributed by atoms with Gasteiger partial charge in [0.25, 0.3) is 0 Å². The molecular formula is C26H31NO6. The van der Waals surface area contributed by atoms with Crippen molar-refractivity contribution in [2.24, 2.45) is 5.92 Å². The Bertz CT molecular complexity index is 1070. The number of aliphatic hydroxyl groups is 1. The molecule has 0 saturated heterocycles. The van der Waals surface area contributed by atoms with E-state index in [1.165, 1.54) is 21.0 Å². The van der Waals surface area contributed by atoms with Gasteiger partial charge in [-0.25, -0.2) is 0 Å². The Labute approximate surface area is 194 Å². The second-order valence-corrected chi connectivity index (χ2v) is 8.52. The predicted octanol–water partition coefficient (Wildman–Crippen LogP) is 4.11. The molecule has 176 valence electrons. The molecule has 0 spiro atoms. The summed E-state index contributed by atoms with van der Waals surface area (Å²) in [4.78, 5) is 25.8. The molecule has 0 fully saturated rings. The van der Waals surface area contributed by atoms with E-state index in [0.717, 1.165) is 5.69 Å². The first-order valence-electron chi connectivity index (χ1n) is 10.7. The second-order valence-electron chi connectivity index (χ2n) is 8.52. The average molecular weight is 454 g/mol. The molecule has 0 amide bonds. The fourth-order valence-corrected chi connectivity index (χ4v) is 4.75. The van der Waals surface area contributed by atoms with Crippen LogP contribution < -0.4 is 19.5 Å². The number of rotatable bonds is 8. The molecule has 7 heteroatoms. The summed E-state index contributed by atoms with van der Waals surface area (Å²) >= 11 is 0. The van der Waals surface area contributed by atoms with Crippen molar-refractivity contribution in [3.05, 3.63) is 59.3 Å². The van der Waals surface area contributed by atoms with Crippen molar-refractivity contribution in [2.75, 3.05) is 26.6 Å². The van der Waals surface area contributed by atoms with Gasteiger partial charge in [0, 0.05) is 29.3 Å². The van der Waals surface area contributed by atoms with E-state index < -0.39 is 17.4 Å². The molecule has 0 aliphatic heterocycles. The lowest BCUT2D eigenvalue weighted by molar-refractivity contribution is -0.131. The van der Waals surface area contributed by atoms with Crippen molar-refractivity contribution in [1.82, 2.24) is 0 Å². The van der Waals surface area contributed by atoms with Gasteiger partial charge in [-0.1, -0.05) is 6.07 Å². The SMILES string of the molecule is COc1ccc(NC2=C(C(C)=O)[C@H](c3ccc(OC)c(OC)c3)[C@H](C(C)=O)[C@@](C)(O)C2)cc1. The van der Waals surface area contributed by atoms with Crippen LogP contribution in [0.3, 0.4) is 0 Å². The van der Waals surface area contributed by atoms with Crippen molar-refractivity contribution in [2.45, 2.75) is 38.7 Å². The summed E-state index contributed by atoms with van der Waals surface area (Å²) < 4.78 is 16.0. The number of hydrogen-bond acceptors (Lipinski definition) is 7. The summed E-state index contributed by atoms with van der Waals surface area (Å²) in [7, 11) is 4.66. The van der Waals surface area contributed by atoms with Crippen LogP contribution in [-0.4, -0.2) is 43.6 Å². The number of ketones is 2. The van der Waals surface area contributed by atoms with Crippen LogP contribution in [0.2, 0.25) is 0 Å². The molecule has 1 aliphatic rings. The number of hydrogen-bond donors (Lipinski definition) is 2. The molecule has 2 aromatic carbocycles. The van der Waals surface area contributed by atoms with E-state index in [9.17, 15) is 14.7 Å². The topological polar surface area (TPSA) is 94.1 Å². The molecule has 0 saturated carbocycles. The first kappa shape index (κ1) is 24.3. The number of ether oxygens (including phenoxy) is 3. The maximum atomic E-state index is 13.0. The van der Waals surface area contributed by atoms with Gasteiger partial charge in [0.2, 0.25) is 0 Å². The molecule has 0 unspecified atom stereocenters. The number of anilines is 1. The number of carbonyl (C=O) groups is 2. The van der Waals surface area contributed by atoms with Crippen LogP contribution in [0.15, 0.2) is 53.7 Å². The zero-order valence-corrected chi connectivity index (χ0v) is 19.9. The molecule has 7 nitrogen and oxygen atoms in total. The van der Waals surface area contributed by atoms with Gasteiger partial charge in [0.05, 0.1) is 32.8 Å². The maximum Gasteiger partial charge on any atom is 0.161 e. The Morgan fingerprint density at radius 3 is 2.12 bits per heavy atom. The monoisotopic (exact) mass is 453 g/mol. The molecule has 2 aromatic rings. The molecular weight excluding hydrogens is 422 g/mol. The third kappa shape index (κ3) is 4.88. The van der Waals surface area contributed by atoms with Crippen LogP contribution in [0.4, 0.5) is 5.69 Å². The van der Waals surface area contributed by atoms with Gasteiger partial charge in [-0.05, 0) is 62.7 Å². The standard InChI is InChI=1S/C26H31NO6/c1-15(28)23-20(27-18-8-10-19(31-4)11-9-18)14-26(3,30)25(16(2)29)24(23)17-7-12-21(32-5)22(13-17)33-6/h7-13,24-25,27,30H,14H2,1-6H3/t24-,25-,26-/m0/s1. The van der Waals surface area contributed by atoms with Crippen LogP contribution in [-0.2, 0) is 9.59 Å². The highest BCUT2D eigenvalue weighted by Crippen LogP contribution is 2.49. The van der Waals surface area contributed by atoms with Crippen molar-refractivity contribution in [3.8, 4) is 17.2 Å². The number of carbonyl (C=O) groups excluding carboxylic acids is 2. The summed E-state index contributed by atoms with van der Waals surface area (Å²) in [6, 6.07) is 12.6. The molecule has 0 radical (unpaired) electrons. The van der Waals surface area contributed by atoms with Crippen molar-refractivity contribution >= 4 is 17.3 Å². The summed E-state index contributed by atoms with van der Waals surface area (Å²) in [5.41, 5.74) is 1.09. The fraction of sp³-hybridized carbons (Fsp3) is 0.385. The lowest BCUT2D eigenvalue weighted by atomic mass is 9.64. The van der Waals surface area contributed by atoms with Gasteiger partial charge in [-0.3, -0.25) is 9.59 Å². The molecule has 3 atom stereocenters. The summed E-state index contributed by atoms with van der Waals surface area (Å²) in [6.07, 6.45) is 0.127. The minimum atomic E-state index is -1.38. The predicted molar refractivity (Wildman–Crippen MR) is 126 cm³/mol. The Morgan fingerprint density at radius 2 is 1.61 bits per heavy atom. The summed E-state index contributed by atoms with van der Waals surface area (Å²) in [5, 5.41) is 14.7. The molecule has 3 rings (SSSR count). The van der Waals surface area contributed by atoms with Crippen LogP contribution >= 0.6 is 0 Å². The highest BCUT2D eigenvalue weighted by Gasteiger charge is 2.49. The Kier molecular flexibility index (Phi) is 7.12. The number of benzene rings is 2. The molecule has 1 aliphatic carbocycles. The molecule has 2 N–H and O–H groups in total. The van der Waals surface area contributed by atoms with E-state index in [2.05, 4.69) is 5.32 Å². The largest absolute Gasteiger partial charge is 0.497 e. The zero-order valence-electron chi connectivity index (χ0n) is 19.9. The average Bonchev–Trinajstić information content (AvgIpc) is 2.77. The molecule has 0 bridgehead atoms. The van der Waals surface area contributed by atoms with Gasteiger partial charge in [0.15, 0.2) is 17.3 Å². The molecule has 33 heavy (non-hydrogen) atoms. The van der Waals surface area contributed by atoms with Crippen LogP contribution in [0.5, 0.6) is 17.2 Å². The third-order valence-corrected chi connectivity index (χ3v) is 6.14. The van der Waals surface area contributed by atoms with Crippen molar-refractivity contribution in [3.63, 3.8) is 0 Å². The van der Waals surface area contributed by atoms with Crippen molar-refractivity contribution < 1.29 is 28.9 Å². The van der Waals surface area contributed by atoms with E-state index >= 15 is 0 Å². The normalized spacial score (nSPS) is 22.5. The van der Waals surface area contributed by atoms with E-state index in [1.54, 1.807) is 39.3 Å². The van der Waals surface area contributed by atoms with Crippen LogP contribution in [0.25, 0.3) is 0 Å².